The average molecular weight is 748 g/mol. The van der Waals surface area contributed by atoms with Crippen molar-refractivity contribution in [1.29, 1.82) is 0 Å². The Kier molecular flexibility index (Phi) is 13.6. The highest BCUT2D eigenvalue weighted by Gasteiger charge is 2.27. The van der Waals surface area contributed by atoms with Crippen LogP contribution in [0.15, 0.2) is 212 Å². The summed E-state index contributed by atoms with van der Waals surface area (Å²) in [6.45, 7) is 0.946. The average Bonchev–Trinajstić information content (AvgIpc) is 3.23. The Labute approximate surface area is 315 Å². The molecule has 0 saturated carbocycles. The predicted octanol–water partition coefficient (Wildman–Crippen LogP) is 10.2. The molecule has 7 aromatic carbocycles. The third-order valence-electron chi connectivity index (χ3n) is 9.13. The highest BCUT2D eigenvalue weighted by molar-refractivity contribution is 7.86. The molecule has 2 unspecified atom stereocenters. The van der Waals surface area contributed by atoms with Gasteiger partial charge in [0.25, 0.3) is 0 Å². The lowest BCUT2D eigenvalue weighted by atomic mass is 10.2. The lowest BCUT2D eigenvalue weighted by Gasteiger charge is -2.35. The van der Waals surface area contributed by atoms with Crippen LogP contribution in [-0.2, 0) is 6.54 Å². The topological polar surface area (TPSA) is 3.24 Å². The second kappa shape index (κ2) is 19.3. The van der Waals surface area contributed by atoms with E-state index in [0.29, 0.717) is 0 Å². The van der Waals surface area contributed by atoms with Crippen molar-refractivity contribution in [2.24, 2.45) is 0 Å². The normalized spacial score (nSPS) is 12.6. The number of hydrogen-bond donors (Lipinski definition) is 0. The number of hydrogen-bond acceptors (Lipinski definition) is 1. The highest BCUT2D eigenvalue weighted by Crippen LogP contribution is 2.53. The minimum Gasteiger partial charge on any atom is -0.290 e. The molecule has 0 aromatic heterocycles. The van der Waals surface area contributed by atoms with Gasteiger partial charge in [-0.25, -0.2) is 0 Å². The van der Waals surface area contributed by atoms with E-state index in [1.54, 1.807) is 0 Å². The van der Waals surface area contributed by atoms with Gasteiger partial charge >= 0.3 is 0 Å². The summed E-state index contributed by atoms with van der Waals surface area (Å²) in [5.74, 6) is 2.33. The smallest absolute Gasteiger partial charge is 0.0241 e. The zero-order chi connectivity index (χ0) is 35.2. The van der Waals surface area contributed by atoms with E-state index >= 15 is 0 Å². The summed E-state index contributed by atoms with van der Waals surface area (Å²) >= 11 is 0. The van der Waals surface area contributed by atoms with Gasteiger partial charge in [-0.15, -0.1) is 0 Å². The van der Waals surface area contributed by atoms with Crippen LogP contribution in [0.3, 0.4) is 0 Å². The van der Waals surface area contributed by atoms with Gasteiger partial charge in [0.2, 0.25) is 0 Å². The van der Waals surface area contributed by atoms with Crippen molar-refractivity contribution in [2.45, 2.75) is 6.54 Å². The van der Waals surface area contributed by atoms with Crippen LogP contribution in [0.1, 0.15) is 5.56 Å². The lowest BCUT2D eigenvalue weighted by Crippen LogP contribution is -2.30. The molecule has 0 heterocycles. The van der Waals surface area contributed by atoms with Crippen molar-refractivity contribution < 1.29 is 0 Å². The SMILES string of the molecule is c1ccc(CN(CP(CP(c2ccccc2)c2ccccc2)c2ccccc2)CP(CP(c2ccccc2)c2ccccc2)c2ccccc2)cc1. The van der Waals surface area contributed by atoms with Gasteiger partial charge in [0.1, 0.15) is 0 Å². The molecule has 258 valence electrons. The van der Waals surface area contributed by atoms with Gasteiger partial charge in [0, 0.05) is 30.9 Å². The first-order valence-corrected chi connectivity index (χ1v) is 24.4. The van der Waals surface area contributed by atoms with E-state index in [1.165, 1.54) is 37.4 Å². The summed E-state index contributed by atoms with van der Waals surface area (Å²) in [5.41, 5.74) is 1.38. The molecule has 0 aliphatic heterocycles. The first-order chi connectivity index (χ1) is 25.8. The zero-order valence-corrected chi connectivity index (χ0v) is 33.1. The molecule has 7 aromatic rings. The van der Waals surface area contributed by atoms with E-state index in [9.17, 15) is 0 Å². The van der Waals surface area contributed by atoms with Gasteiger partial charge in [-0.2, -0.15) is 0 Å². The Morgan fingerprint density at radius 1 is 0.288 bits per heavy atom. The third-order valence-corrected chi connectivity index (χ3v) is 21.3. The highest BCUT2D eigenvalue weighted by atomic mass is 31.2. The van der Waals surface area contributed by atoms with Crippen LogP contribution in [0, 0.1) is 0 Å². The van der Waals surface area contributed by atoms with Crippen molar-refractivity contribution in [3.05, 3.63) is 218 Å². The van der Waals surface area contributed by atoms with Crippen molar-refractivity contribution in [3.8, 4) is 0 Å². The molecular formula is C47H45NP4. The van der Waals surface area contributed by atoms with Crippen molar-refractivity contribution >= 4 is 63.5 Å². The molecular weight excluding hydrogens is 702 g/mol. The minimum absolute atomic E-state index is 0.515. The Morgan fingerprint density at radius 3 is 0.827 bits per heavy atom. The molecule has 0 N–H and O–H groups in total. The molecule has 1 nitrogen and oxygen atoms in total. The van der Waals surface area contributed by atoms with Gasteiger partial charge in [0.05, 0.1) is 0 Å². The summed E-state index contributed by atoms with van der Waals surface area (Å²) in [6, 6.07) is 79.1. The first-order valence-electron chi connectivity index (χ1n) is 17.9. The summed E-state index contributed by atoms with van der Waals surface area (Å²) in [7, 11) is -2.09. The van der Waals surface area contributed by atoms with Crippen molar-refractivity contribution in [3.63, 3.8) is 0 Å². The van der Waals surface area contributed by atoms with Gasteiger partial charge in [-0.1, -0.05) is 228 Å². The predicted molar refractivity (Wildman–Crippen MR) is 236 cm³/mol. The Bertz CT molecular complexity index is 1810. The molecule has 2 atom stereocenters. The molecule has 0 saturated heterocycles. The fourth-order valence-corrected chi connectivity index (χ4v) is 19.7. The van der Waals surface area contributed by atoms with E-state index in [2.05, 4.69) is 217 Å². The van der Waals surface area contributed by atoms with E-state index in [1.807, 2.05) is 0 Å². The van der Waals surface area contributed by atoms with Gasteiger partial charge in [-0.05, 0) is 53.2 Å². The fraction of sp³-hybridized carbons (Fsp3) is 0.106. The summed E-state index contributed by atoms with van der Waals surface area (Å²) in [6.07, 6.45) is 2.13. The molecule has 0 aliphatic carbocycles. The summed E-state index contributed by atoms with van der Waals surface area (Å²) < 4.78 is 0. The van der Waals surface area contributed by atoms with Crippen LogP contribution in [0.2, 0.25) is 0 Å². The van der Waals surface area contributed by atoms with E-state index < -0.39 is 31.7 Å². The Hall–Kier alpha value is -3.78. The molecule has 0 spiro atoms. The quantitative estimate of drug-likeness (QED) is 0.0890. The van der Waals surface area contributed by atoms with Crippen LogP contribution < -0.4 is 31.8 Å². The molecule has 0 bridgehead atoms. The molecule has 52 heavy (non-hydrogen) atoms. The van der Waals surface area contributed by atoms with Crippen molar-refractivity contribution in [2.75, 3.05) is 24.4 Å². The maximum Gasteiger partial charge on any atom is 0.0241 e. The molecule has 0 amide bonds. The number of nitrogens with zero attached hydrogens (tertiary/aromatic N) is 1. The second-order valence-corrected chi connectivity index (χ2v) is 22.6. The Balaban J connectivity index is 1.27. The maximum atomic E-state index is 2.83. The minimum atomic E-state index is -0.532. The second-order valence-electron chi connectivity index (χ2n) is 12.8. The van der Waals surface area contributed by atoms with Crippen LogP contribution in [0.25, 0.3) is 0 Å². The largest absolute Gasteiger partial charge is 0.290 e. The molecule has 5 heteroatoms. The lowest BCUT2D eigenvalue weighted by molar-refractivity contribution is 0.365. The maximum absolute atomic E-state index is 2.83. The standard InChI is InChI=1S/C47H45NP4/c1-8-22-41(23-9-1)36-48(37-49(42-24-10-2-11-25-42)39-51(44-28-14-4-15-29-44)45-30-16-5-17-31-45)38-50(43-26-12-3-13-27-43)40-52(46-32-18-6-19-33-46)47-34-20-7-21-35-47/h1-35H,36-40H2. The zero-order valence-electron chi connectivity index (χ0n) is 29.5. The Morgan fingerprint density at radius 2 is 0.538 bits per heavy atom. The summed E-state index contributed by atoms with van der Waals surface area (Å²) in [4.78, 5) is 2.83. The molecule has 0 fully saturated rings. The third kappa shape index (κ3) is 10.2. The van der Waals surface area contributed by atoms with E-state index in [4.69, 9.17) is 0 Å². The summed E-state index contributed by atoms with van der Waals surface area (Å²) in [5, 5.41) is 8.84. The van der Waals surface area contributed by atoms with Gasteiger partial charge < -0.3 is 0 Å². The van der Waals surface area contributed by atoms with E-state index in [-0.39, 0.29) is 0 Å². The van der Waals surface area contributed by atoms with Crippen LogP contribution in [0.5, 0.6) is 0 Å². The van der Waals surface area contributed by atoms with Gasteiger partial charge in [-0.3, -0.25) is 4.90 Å². The van der Waals surface area contributed by atoms with Gasteiger partial charge in [0.15, 0.2) is 0 Å². The van der Waals surface area contributed by atoms with E-state index in [0.717, 1.165) is 30.9 Å². The van der Waals surface area contributed by atoms with Crippen LogP contribution in [-0.4, -0.2) is 29.3 Å². The van der Waals surface area contributed by atoms with Crippen LogP contribution >= 0.6 is 31.7 Å². The molecule has 0 aliphatic rings. The molecule has 0 radical (unpaired) electrons. The first kappa shape index (κ1) is 36.6. The molecule has 7 rings (SSSR count). The number of benzene rings is 7. The monoisotopic (exact) mass is 747 g/mol. The number of rotatable bonds is 16. The van der Waals surface area contributed by atoms with Crippen molar-refractivity contribution in [1.82, 2.24) is 4.90 Å². The van der Waals surface area contributed by atoms with Crippen LogP contribution in [0.4, 0.5) is 0 Å². The fourth-order valence-electron chi connectivity index (χ4n) is 6.56.